The molecular weight excluding hydrogens is 350 g/mol. The lowest BCUT2D eigenvalue weighted by Gasteiger charge is -2.11. The van der Waals surface area contributed by atoms with Crippen molar-refractivity contribution in [3.05, 3.63) is 54.3 Å². The molecule has 1 unspecified atom stereocenters. The van der Waals surface area contributed by atoms with Crippen LogP contribution in [0.4, 0.5) is 11.5 Å². The summed E-state index contributed by atoms with van der Waals surface area (Å²) in [5, 5.41) is 11.0. The maximum absolute atomic E-state index is 12.3. The zero-order valence-electron chi connectivity index (χ0n) is 14.5. The Bertz CT molecular complexity index is 933. The van der Waals surface area contributed by atoms with Crippen LogP contribution in [0.3, 0.4) is 0 Å². The molecule has 1 heterocycles. The van der Waals surface area contributed by atoms with Gasteiger partial charge in [0.05, 0.1) is 11.0 Å². The Kier molecular flexibility index (Phi) is 5.58. The first-order valence-electron chi connectivity index (χ1n) is 8.16. The largest absolute Gasteiger partial charge is 0.360 e. The minimum atomic E-state index is -0.398. The monoisotopic (exact) mass is 369 g/mol. The number of rotatable bonds is 6. The molecule has 2 amide bonds. The third kappa shape index (κ3) is 4.43. The minimum Gasteiger partial charge on any atom is -0.360 e. The first kappa shape index (κ1) is 18.0. The van der Waals surface area contributed by atoms with Crippen LogP contribution < -0.4 is 10.6 Å². The van der Waals surface area contributed by atoms with Crippen molar-refractivity contribution in [1.29, 1.82) is 0 Å². The van der Waals surface area contributed by atoms with Crippen LogP contribution in [-0.4, -0.2) is 28.0 Å². The molecule has 0 spiro atoms. The molecule has 3 rings (SSSR count). The molecule has 3 aromatic rings. The van der Waals surface area contributed by atoms with Crippen LogP contribution in [0.2, 0.25) is 0 Å². The Labute approximate surface area is 155 Å². The molecule has 0 aliphatic carbocycles. The van der Waals surface area contributed by atoms with Gasteiger partial charge in [-0.2, -0.15) is 0 Å². The average molecular weight is 369 g/mol. The molecule has 0 radical (unpaired) electrons. The van der Waals surface area contributed by atoms with E-state index < -0.39 is 5.25 Å². The Morgan fingerprint density at radius 3 is 2.69 bits per heavy atom. The SMILES string of the molecule is Cc1cc(NC(=O)C(C)SCC(=O)Nc2cccc3ccccc23)no1. The van der Waals surface area contributed by atoms with Gasteiger partial charge in [0.25, 0.3) is 0 Å². The standard InChI is InChI=1S/C19H19N3O3S/c1-12-10-17(22-25-12)21-19(24)13(2)26-11-18(23)20-16-9-5-7-14-6-3-4-8-15(14)16/h3-10,13H,11H2,1-2H3,(H,20,23)(H,21,22,24). The molecule has 6 nitrogen and oxygen atoms in total. The number of hydrogen-bond acceptors (Lipinski definition) is 5. The number of carbonyl (C=O) groups excluding carboxylic acids is 2. The van der Waals surface area contributed by atoms with Gasteiger partial charge < -0.3 is 15.2 Å². The van der Waals surface area contributed by atoms with E-state index in [1.54, 1.807) is 19.9 Å². The molecule has 2 aromatic carbocycles. The molecule has 7 heteroatoms. The van der Waals surface area contributed by atoms with Gasteiger partial charge in [-0.15, -0.1) is 11.8 Å². The van der Waals surface area contributed by atoms with Crippen molar-refractivity contribution in [3.63, 3.8) is 0 Å². The molecule has 0 saturated carbocycles. The van der Waals surface area contributed by atoms with Crippen LogP contribution in [-0.2, 0) is 9.59 Å². The van der Waals surface area contributed by atoms with E-state index in [-0.39, 0.29) is 17.6 Å². The summed E-state index contributed by atoms with van der Waals surface area (Å²) in [6.07, 6.45) is 0. The smallest absolute Gasteiger partial charge is 0.238 e. The fraction of sp³-hybridized carbons (Fsp3) is 0.211. The summed E-state index contributed by atoms with van der Waals surface area (Å²) < 4.78 is 4.91. The molecule has 1 aromatic heterocycles. The molecule has 26 heavy (non-hydrogen) atoms. The van der Waals surface area contributed by atoms with Crippen LogP contribution in [0.25, 0.3) is 10.8 Å². The van der Waals surface area contributed by atoms with E-state index in [9.17, 15) is 9.59 Å². The van der Waals surface area contributed by atoms with Crippen molar-refractivity contribution in [2.24, 2.45) is 0 Å². The van der Waals surface area contributed by atoms with E-state index in [1.807, 2.05) is 42.5 Å². The highest BCUT2D eigenvalue weighted by atomic mass is 32.2. The van der Waals surface area contributed by atoms with E-state index in [2.05, 4.69) is 15.8 Å². The lowest BCUT2D eigenvalue weighted by Crippen LogP contribution is -2.25. The van der Waals surface area contributed by atoms with E-state index in [0.29, 0.717) is 11.6 Å². The molecule has 2 N–H and O–H groups in total. The predicted octanol–water partition coefficient (Wildman–Crippen LogP) is 3.84. The van der Waals surface area contributed by atoms with Crippen molar-refractivity contribution < 1.29 is 14.1 Å². The highest BCUT2D eigenvalue weighted by Gasteiger charge is 2.17. The van der Waals surface area contributed by atoms with Gasteiger partial charge in [0.15, 0.2) is 5.82 Å². The van der Waals surface area contributed by atoms with Crippen molar-refractivity contribution in [2.75, 3.05) is 16.4 Å². The molecule has 0 bridgehead atoms. The van der Waals surface area contributed by atoms with Crippen LogP contribution in [0.5, 0.6) is 0 Å². The summed E-state index contributed by atoms with van der Waals surface area (Å²) >= 11 is 1.26. The third-order valence-electron chi connectivity index (χ3n) is 3.78. The molecule has 0 aliphatic heterocycles. The lowest BCUT2D eigenvalue weighted by atomic mass is 10.1. The third-order valence-corrected chi connectivity index (χ3v) is 4.92. The highest BCUT2D eigenvalue weighted by molar-refractivity contribution is 8.01. The number of anilines is 2. The van der Waals surface area contributed by atoms with Crippen molar-refractivity contribution >= 4 is 45.9 Å². The van der Waals surface area contributed by atoms with Crippen LogP contribution in [0.15, 0.2) is 53.1 Å². The summed E-state index contributed by atoms with van der Waals surface area (Å²) in [6, 6.07) is 15.3. The van der Waals surface area contributed by atoms with E-state index in [1.165, 1.54) is 11.8 Å². The summed E-state index contributed by atoms with van der Waals surface area (Å²) in [5.41, 5.74) is 0.767. The van der Waals surface area contributed by atoms with Crippen LogP contribution >= 0.6 is 11.8 Å². The number of aromatic nitrogens is 1. The predicted molar refractivity (Wildman–Crippen MR) is 104 cm³/mol. The normalized spacial score (nSPS) is 11.9. The second-order valence-electron chi connectivity index (χ2n) is 5.84. The number of nitrogens with zero attached hydrogens (tertiary/aromatic N) is 1. The van der Waals surface area contributed by atoms with Gasteiger partial charge in [-0.05, 0) is 25.3 Å². The number of thioether (sulfide) groups is 1. The minimum absolute atomic E-state index is 0.150. The molecule has 134 valence electrons. The first-order chi connectivity index (χ1) is 12.5. The summed E-state index contributed by atoms with van der Waals surface area (Å²) in [4.78, 5) is 24.4. The van der Waals surface area contributed by atoms with Crippen molar-refractivity contribution in [1.82, 2.24) is 5.16 Å². The van der Waals surface area contributed by atoms with Gasteiger partial charge >= 0.3 is 0 Å². The fourth-order valence-electron chi connectivity index (χ4n) is 2.45. The molecule has 1 atom stereocenters. The lowest BCUT2D eigenvalue weighted by molar-refractivity contribution is -0.115. The second kappa shape index (κ2) is 8.05. The molecule has 0 fully saturated rings. The molecular formula is C19H19N3O3S. The van der Waals surface area contributed by atoms with Gasteiger partial charge in [0.1, 0.15) is 5.76 Å². The van der Waals surface area contributed by atoms with Gasteiger partial charge in [0.2, 0.25) is 11.8 Å². The number of hydrogen-bond donors (Lipinski definition) is 2. The van der Waals surface area contributed by atoms with Crippen LogP contribution in [0, 0.1) is 6.92 Å². The Morgan fingerprint density at radius 2 is 1.92 bits per heavy atom. The fourth-order valence-corrected chi connectivity index (χ4v) is 3.13. The number of benzene rings is 2. The van der Waals surface area contributed by atoms with Gasteiger partial charge in [-0.25, -0.2) is 0 Å². The number of carbonyl (C=O) groups is 2. The summed E-state index contributed by atoms with van der Waals surface area (Å²) in [5.74, 6) is 0.801. The van der Waals surface area contributed by atoms with Gasteiger partial charge in [-0.3, -0.25) is 9.59 Å². The Hall–Kier alpha value is -2.80. The van der Waals surface area contributed by atoms with Crippen molar-refractivity contribution in [3.8, 4) is 0 Å². The highest BCUT2D eigenvalue weighted by Crippen LogP contribution is 2.23. The number of nitrogens with one attached hydrogen (secondary N) is 2. The zero-order chi connectivity index (χ0) is 18.5. The van der Waals surface area contributed by atoms with Crippen molar-refractivity contribution in [2.45, 2.75) is 19.1 Å². The van der Waals surface area contributed by atoms with Crippen LogP contribution in [0.1, 0.15) is 12.7 Å². The number of fused-ring (bicyclic) bond motifs is 1. The molecule has 0 saturated heterocycles. The Morgan fingerprint density at radius 1 is 1.15 bits per heavy atom. The molecule has 0 aliphatic rings. The average Bonchev–Trinajstić information content (AvgIpc) is 3.04. The first-order valence-corrected chi connectivity index (χ1v) is 9.21. The van der Waals surface area contributed by atoms with Gasteiger partial charge in [0, 0.05) is 17.1 Å². The Balaban J connectivity index is 1.54. The quantitative estimate of drug-likeness (QED) is 0.690. The van der Waals surface area contributed by atoms with E-state index in [0.717, 1.165) is 16.5 Å². The second-order valence-corrected chi connectivity index (χ2v) is 7.17. The van der Waals surface area contributed by atoms with E-state index in [4.69, 9.17) is 4.52 Å². The number of amides is 2. The topological polar surface area (TPSA) is 84.2 Å². The maximum Gasteiger partial charge on any atom is 0.238 e. The summed E-state index contributed by atoms with van der Waals surface area (Å²) in [7, 11) is 0. The zero-order valence-corrected chi connectivity index (χ0v) is 15.3. The van der Waals surface area contributed by atoms with E-state index >= 15 is 0 Å². The van der Waals surface area contributed by atoms with Gasteiger partial charge in [-0.1, -0.05) is 41.6 Å². The summed E-state index contributed by atoms with van der Waals surface area (Å²) in [6.45, 7) is 3.50. The maximum atomic E-state index is 12.3. The number of aryl methyl sites for hydroxylation is 1.